The van der Waals surface area contributed by atoms with Gasteiger partial charge in [0.1, 0.15) is 12.5 Å². The minimum atomic E-state index is -0.476. The summed E-state index contributed by atoms with van der Waals surface area (Å²) >= 11 is 0. The molecule has 2 unspecified atom stereocenters. The molecule has 116 valence electrons. The number of hydrogen-bond donors (Lipinski definition) is 1. The van der Waals surface area contributed by atoms with Gasteiger partial charge in [0.2, 0.25) is 5.91 Å². The quantitative estimate of drug-likeness (QED) is 0.772. The predicted molar refractivity (Wildman–Crippen MR) is 72.8 cm³/mol. The minimum Gasteiger partial charge on any atom is -0.468 e. The van der Waals surface area contributed by atoms with Crippen LogP contribution >= 0.6 is 0 Å². The smallest absolute Gasteiger partial charge is 0.254 e. The van der Waals surface area contributed by atoms with Crippen LogP contribution in [0.2, 0.25) is 0 Å². The number of aliphatic hydroxyl groups excluding tert-OH is 1. The van der Waals surface area contributed by atoms with E-state index >= 15 is 0 Å². The topological polar surface area (TPSA) is 92.9 Å². The fraction of sp³-hybridized carbons (Fsp3) is 0.643. The Labute approximate surface area is 122 Å². The summed E-state index contributed by atoms with van der Waals surface area (Å²) in [5, 5.41) is 13.3. The van der Waals surface area contributed by atoms with E-state index in [4.69, 9.17) is 9.26 Å². The van der Waals surface area contributed by atoms with Gasteiger partial charge >= 0.3 is 0 Å². The van der Waals surface area contributed by atoms with Crippen molar-refractivity contribution in [3.05, 3.63) is 11.8 Å². The molecule has 0 aromatic carbocycles. The first-order valence-corrected chi connectivity index (χ1v) is 7.02. The summed E-state index contributed by atoms with van der Waals surface area (Å²) in [6.07, 6.45) is 0.758. The third-order valence-corrected chi connectivity index (χ3v) is 3.52. The molecule has 1 fully saturated rings. The molecule has 0 saturated carbocycles. The molecule has 2 rings (SSSR count). The Hall–Kier alpha value is -1.89. The Morgan fingerprint density at radius 3 is 3.00 bits per heavy atom. The van der Waals surface area contributed by atoms with Gasteiger partial charge in [0.15, 0.2) is 12.0 Å². The summed E-state index contributed by atoms with van der Waals surface area (Å²) in [6.45, 7) is 4.63. The van der Waals surface area contributed by atoms with Gasteiger partial charge in [-0.2, -0.15) is 0 Å². The van der Waals surface area contributed by atoms with Crippen molar-refractivity contribution < 1.29 is 24.0 Å². The number of rotatable bonds is 6. The van der Waals surface area contributed by atoms with Gasteiger partial charge in [0.05, 0.1) is 6.10 Å². The summed E-state index contributed by atoms with van der Waals surface area (Å²) in [4.78, 5) is 24.5. The van der Waals surface area contributed by atoms with Crippen LogP contribution in [0.4, 0.5) is 0 Å². The van der Waals surface area contributed by atoms with Crippen molar-refractivity contribution in [1.29, 1.82) is 0 Å². The van der Waals surface area contributed by atoms with E-state index in [1.807, 2.05) is 13.8 Å². The van der Waals surface area contributed by atoms with Gasteiger partial charge < -0.3 is 19.3 Å². The zero-order valence-corrected chi connectivity index (χ0v) is 12.2. The predicted octanol–water partition coefficient (Wildman–Crippen LogP) is 0.585. The maximum atomic E-state index is 12.6. The molecule has 0 radical (unpaired) electrons. The Bertz CT molecular complexity index is 499. The molecule has 7 nitrogen and oxygen atoms in total. The van der Waals surface area contributed by atoms with Crippen LogP contribution in [-0.2, 0) is 9.59 Å². The number of carbonyl (C=O) groups is 2. The maximum absolute atomic E-state index is 12.6. The molecule has 21 heavy (non-hydrogen) atoms. The molecule has 1 aromatic rings. The molecule has 1 saturated heterocycles. The van der Waals surface area contributed by atoms with E-state index < -0.39 is 12.0 Å². The van der Waals surface area contributed by atoms with Crippen LogP contribution in [0.5, 0.6) is 5.88 Å². The number of amides is 1. The van der Waals surface area contributed by atoms with Crippen molar-refractivity contribution in [2.75, 3.05) is 19.7 Å². The fourth-order valence-electron chi connectivity index (χ4n) is 2.48. The second-order valence-corrected chi connectivity index (χ2v) is 5.49. The maximum Gasteiger partial charge on any atom is 0.254 e. The van der Waals surface area contributed by atoms with Crippen molar-refractivity contribution in [2.45, 2.75) is 32.3 Å². The number of likely N-dealkylation sites (tertiary alicyclic amines) is 1. The average Bonchev–Trinajstić information content (AvgIpc) is 3.05. The number of nitrogens with zero attached hydrogens (tertiary/aromatic N) is 2. The second-order valence-electron chi connectivity index (χ2n) is 5.49. The van der Waals surface area contributed by atoms with Crippen LogP contribution < -0.4 is 4.74 Å². The Morgan fingerprint density at radius 2 is 2.43 bits per heavy atom. The highest BCUT2D eigenvalue weighted by Crippen LogP contribution is 2.30. The molecule has 2 heterocycles. The van der Waals surface area contributed by atoms with Crippen molar-refractivity contribution in [3.63, 3.8) is 0 Å². The summed E-state index contributed by atoms with van der Waals surface area (Å²) in [5.74, 6) is 0.0624. The number of carbonyl (C=O) groups excluding carboxylic acids is 2. The third kappa shape index (κ3) is 3.60. The van der Waals surface area contributed by atoms with Crippen LogP contribution in [0.3, 0.4) is 0 Å². The largest absolute Gasteiger partial charge is 0.468 e. The zero-order chi connectivity index (χ0) is 15.4. The van der Waals surface area contributed by atoms with E-state index in [0.717, 1.165) is 0 Å². The molecular formula is C14H20N2O5. The van der Waals surface area contributed by atoms with E-state index in [-0.39, 0.29) is 24.3 Å². The molecule has 0 spiro atoms. The van der Waals surface area contributed by atoms with Crippen LogP contribution in [0.1, 0.15) is 31.9 Å². The van der Waals surface area contributed by atoms with Gasteiger partial charge in [0.25, 0.3) is 5.88 Å². The van der Waals surface area contributed by atoms with E-state index in [2.05, 4.69) is 5.16 Å². The molecular weight excluding hydrogens is 276 g/mol. The van der Waals surface area contributed by atoms with Crippen molar-refractivity contribution in [1.82, 2.24) is 10.1 Å². The van der Waals surface area contributed by atoms with E-state index in [1.165, 1.54) is 0 Å². The number of aliphatic hydroxyl groups is 1. The number of ether oxygens (including phenoxy) is 1. The van der Waals surface area contributed by atoms with Crippen LogP contribution in [0, 0.1) is 5.92 Å². The van der Waals surface area contributed by atoms with Crippen LogP contribution in [0.15, 0.2) is 10.6 Å². The molecule has 1 aliphatic rings. The second kappa shape index (κ2) is 6.71. The molecule has 0 aliphatic carbocycles. The molecule has 7 heteroatoms. The van der Waals surface area contributed by atoms with Gasteiger partial charge in [0, 0.05) is 19.2 Å². The molecule has 0 bridgehead atoms. The lowest BCUT2D eigenvalue weighted by Crippen LogP contribution is -2.35. The highest BCUT2D eigenvalue weighted by Gasteiger charge is 2.35. The highest BCUT2D eigenvalue weighted by molar-refractivity contribution is 5.83. The lowest BCUT2D eigenvalue weighted by Gasteiger charge is -2.23. The minimum absolute atomic E-state index is 0.0158. The van der Waals surface area contributed by atoms with Crippen molar-refractivity contribution >= 4 is 12.2 Å². The molecule has 1 N–H and O–H groups in total. The number of aromatic nitrogens is 1. The van der Waals surface area contributed by atoms with Gasteiger partial charge in [-0.1, -0.05) is 13.8 Å². The van der Waals surface area contributed by atoms with Gasteiger partial charge in [-0.25, -0.2) is 0 Å². The normalized spacial score (nSPS) is 19.8. The number of hydrogen-bond acceptors (Lipinski definition) is 6. The fourth-order valence-corrected chi connectivity index (χ4v) is 2.48. The van der Waals surface area contributed by atoms with Gasteiger partial charge in [-0.05, 0) is 17.5 Å². The Balaban J connectivity index is 2.12. The van der Waals surface area contributed by atoms with Crippen LogP contribution in [0.25, 0.3) is 0 Å². The lowest BCUT2D eigenvalue weighted by molar-refractivity contribution is -0.133. The monoisotopic (exact) mass is 296 g/mol. The molecule has 1 amide bonds. The van der Waals surface area contributed by atoms with Gasteiger partial charge in [-0.3, -0.25) is 9.59 Å². The molecule has 1 aliphatic heterocycles. The molecule has 2 atom stereocenters. The highest BCUT2D eigenvalue weighted by atomic mass is 16.5. The number of β-amino-alcohol motifs (C(OH)–C–C–N with tert-alkyl or cyclic N) is 1. The van der Waals surface area contributed by atoms with E-state index in [0.29, 0.717) is 31.6 Å². The van der Waals surface area contributed by atoms with E-state index in [9.17, 15) is 14.7 Å². The summed E-state index contributed by atoms with van der Waals surface area (Å²) in [7, 11) is 0. The Morgan fingerprint density at radius 1 is 1.67 bits per heavy atom. The third-order valence-electron chi connectivity index (χ3n) is 3.52. The number of aldehydes is 1. The van der Waals surface area contributed by atoms with Crippen molar-refractivity contribution in [2.24, 2.45) is 5.92 Å². The first kappa shape index (κ1) is 15.5. The Kier molecular flexibility index (Phi) is 4.95. The SMILES string of the molecule is CC(C)C(C(=O)N1CCC(O)C1)c1cc(OCC=O)no1. The summed E-state index contributed by atoms with van der Waals surface area (Å²) in [6, 6.07) is 1.54. The standard InChI is InChI=1S/C14H20N2O5/c1-9(2)13(14(19)16-4-3-10(18)8-16)11-7-12(15-21-11)20-6-5-17/h5,7,9-10,13,18H,3-4,6,8H2,1-2H3. The summed E-state index contributed by atoms with van der Waals surface area (Å²) < 4.78 is 10.2. The molecule has 1 aromatic heterocycles. The average molecular weight is 296 g/mol. The van der Waals surface area contributed by atoms with Gasteiger partial charge in [-0.15, -0.1) is 0 Å². The first-order valence-electron chi connectivity index (χ1n) is 7.02. The summed E-state index contributed by atoms with van der Waals surface area (Å²) in [5.41, 5.74) is 0. The first-order chi connectivity index (χ1) is 10.0. The zero-order valence-electron chi connectivity index (χ0n) is 12.2. The van der Waals surface area contributed by atoms with Crippen LogP contribution in [-0.4, -0.2) is 53.2 Å². The lowest BCUT2D eigenvalue weighted by atomic mass is 9.92. The van der Waals surface area contributed by atoms with Crippen molar-refractivity contribution in [3.8, 4) is 5.88 Å². The van der Waals surface area contributed by atoms with E-state index in [1.54, 1.807) is 11.0 Å².